The van der Waals surface area contributed by atoms with E-state index in [1.54, 1.807) is 18.2 Å². The molecule has 2 N–H and O–H groups in total. The fourth-order valence-corrected chi connectivity index (χ4v) is 2.35. The van der Waals surface area contributed by atoms with E-state index in [9.17, 15) is 9.18 Å². The normalized spacial score (nSPS) is 10.3. The van der Waals surface area contributed by atoms with Gasteiger partial charge in [0.2, 0.25) is 5.91 Å². The quantitative estimate of drug-likeness (QED) is 0.831. The SMILES string of the molecule is O=C(CNc1cc(F)cc(Cl)c1)Nc1c(Cl)cccc1Cl. The van der Waals surface area contributed by atoms with E-state index >= 15 is 0 Å². The van der Waals surface area contributed by atoms with Crippen LogP contribution in [0.5, 0.6) is 0 Å². The maximum atomic E-state index is 13.1. The summed E-state index contributed by atoms with van der Waals surface area (Å²) in [6.07, 6.45) is 0. The molecule has 3 nitrogen and oxygen atoms in total. The maximum Gasteiger partial charge on any atom is 0.243 e. The Bertz CT molecular complexity index is 639. The number of para-hydroxylation sites is 1. The molecule has 0 atom stereocenters. The zero-order valence-corrected chi connectivity index (χ0v) is 12.9. The van der Waals surface area contributed by atoms with E-state index in [-0.39, 0.29) is 17.5 Å². The van der Waals surface area contributed by atoms with Gasteiger partial charge in [-0.15, -0.1) is 0 Å². The fourth-order valence-electron chi connectivity index (χ4n) is 1.64. The van der Waals surface area contributed by atoms with Crippen molar-refractivity contribution in [3.05, 3.63) is 57.3 Å². The lowest BCUT2D eigenvalue weighted by atomic mass is 10.3. The zero-order valence-electron chi connectivity index (χ0n) is 10.6. The molecule has 2 aromatic carbocycles. The summed E-state index contributed by atoms with van der Waals surface area (Å²) in [4.78, 5) is 11.8. The van der Waals surface area contributed by atoms with Crippen molar-refractivity contribution < 1.29 is 9.18 Å². The Labute approximate surface area is 136 Å². The number of benzene rings is 2. The minimum atomic E-state index is -0.487. The molecule has 0 aromatic heterocycles. The molecule has 0 fully saturated rings. The molecule has 7 heteroatoms. The summed E-state index contributed by atoms with van der Waals surface area (Å²) in [6.45, 7) is -0.0820. The highest BCUT2D eigenvalue weighted by atomic mass is 35.5. The summed E-state index contributed by atoms with van der Waals surface area (Å²) in [7, 11) is 0. The molecule has 0 heterocycles. The van der Waals surface area contributed by atoms with Gasteiger partial charge in [0.1, 0.15) is 5.82 Å². The van der Waals surface area contributed by atoms with E-state index in [4.69, 9.17) is 34.8 Å². The fraction of sp³-hybridized carbons (Fsp3) is 0.0714. The molecule has 0 aliphatic heterocycles. The van der Waals surface area contributed by atoms with Gasteiger partial charge in [-0.25, -0.2) is 4.39 Å². The van der Waals surface area contributed by atoms with E-state index in [1.807, 2.05) is 0 Å². The first kappa shape index (κ1) is 15.9. The van der Waals surface area contributed by atoms with Crippen LogP contribution in [0.25, 0.3) is 0 Å². The average Bonchev–Trinajstić information content (AvgIpc) is 2.40. The lowest BCUT2D eigenvalue weighted by molar-refractivity contribution is -0.114. The van der Waals surface area contributed by atoms with Crippen LogP contribution in [0, 0.1) is 5.82 Å². The van der Waals surface area contributed by atoms with E-state index in [2.05, 4.69) is 10.6 Å². The van der Waals surface area contributed by atoms with Crippen LogP contribution in [0.2, 0.25) is 15.1 Å². The largest absolute Gasteiger partial charge is 0.376 e. The van der Waals surface area contributed by atoms with Gasteiger partial charge in [-0.05, 0) is 30.3 Å². The molecule has 0 unspecified atom stereocenters. The van der Waals surface area contributed by atoms with Gasteiger partial charge in [0, 0.05) is 10.7 Å². The maximum absolute atomic E-state index is 13.1. The molecule has 1 amide bonds. The van der Waals surface area contributed by atoms with E-state index < -0.39 is 5.82 Å². The Morgan fingerprint density at radius 1 is 1.10 bits per heavy atom. The molecule has 2 rings (SSSR count). The average molecular weight is 348 g/mol. The minimum absolute atomic E-state index is 0.0820. The van der Waals surface area contributed by atoms with Crippen LogP contribution >= 0.6 is 34.8 Å². The predicted molar refractivity (Wildman–Crippen MR) is 85.0 cm³/mol. The molecule has 0 aliphatic rings. The topological polar surface area (TPSA) is 41.1 Å². The summed E-state index contributed by atoms with van der Waals surface area (Å²) >= 11 is 17.6. The van der Waals surface area contributed by atoms with E-state index in [0.29, 0.717) is 21.4 Å². The molecule has 0 saturated heterocycles. The van der Waals surface area contributed by atoms with Crippen LogP contribution in [0.1, 0.15) is 0 Å². The summed E-state index contributed by atoms with van der Waals surface area (Å²) in [5, 5.41) is 6.27. The second-order valence-corrected chi connectivity index (χ2v) is 5.41. The van der Waals surface area contributed by atoms with Gasteiger partial charge in [-0.1, -0.05) is 40.9 Å². The van der Waals surface area contributed by atoms with E-state index in [1.165, 1.54) is 18.2 Å². The molecule has 21 heavy (non-hydrogen) atoms. The van der Waals surface area contributed by atoms with Crippen molar-refractivity contribution in [2.75, 3.05) is 17.2 Å². The summed E-state index contributed by atoms with van der Waals surface area (Å²) in [5.41, 5.74) is 0.741. The number of carbonyl (C=O) groups excluding carboxylic acids is 1. The second kappa shape index (κ2) is 6.98. The van der Waals surface area contributed by atoms with Crippen molar-refractivity contribution in [1.29, 1.82) is 0 Å². The first-order valence-electron chi connectivity index (χ1n) is 5.89. The van der Waals surface area contributed by atoms with Gasteiger partial charge in [-0.2, -0.15) is 0 Å². The van der Waals surface area contributed by atoms with Gasteiger partial charge in [0.25, 0.3) is 0 Å². The lowest BCUT2D eigenvalue weighted by Gasteiger charge is -2.10. The molecule has 0 radical (unpaired) electrons. The molecular weight excluding hydrogens is 338 g/mol. The Morgan fingerprint density at radius 2 is 1.76 bits per heavy atom. The van der Waals surface area contributed by atoms with Crippen molar-refractivity contribution in [3.8, 4) is 0 Å². The number of anilines is 2. The van der Waals surface area contributed by atoms with Crippen LogP contribution < -0.4 is 10.6 Å². The van der Waals surface area contributed by atoms with Crippen molar-refractivity contribution in [2.24, 2.45) is 0 Å². The van der Waals surface area contributed by atoms with Gasteiger partial charge in [-0.3, -0.25) is 4.79 Å². The molecule has 0 saturated carbocycles. The Kier molecular flexibility index (Phi) is 5.28. The second-order valence-electron chi connectivity index (χ2n) is 4.16. The van der Waals surface area contributed by atoms with Crippen LogP contribution in [-0.4, -0.2) is 12.5 Å². The molecule has 0 spiro atoms. The van der Waals surface area contributed by atoms with Gasteiger partial charge in [0.15, 0.2) is 0 Å². The Hall–Kier alpha value is -1.49. The van der Waals surface area contributed by atoms with Gasteiger partial charge < -0.3 is 10.6 Å². The van der Waals surface area contributed by atoms with Crippen molar-refractivity contribution in [3.63, 3.8) is 0 Å². The first-order chi connectivity index (χ1) is 9.95. The van der Waals surface area contributed by atoms with Crippen molar-refractivity contribution in [1.82, 2.24) is 0 Å². The Morgan fingerprint density at radius 3 is 2.38 bits per heavy atom. The highest BCUT2D eigenvalue weighted by Crippen LogP contribution is 2.29. The van der Waals surface area contributed by atoms with Crippen LogP contribution in [0.4, 0.5) is 15.8 Å². The first-order valence-corrected chi connectivity index (χ1v) is 7.03. The standard InChI is InChI=1S/C14H10Cl3FN2O/c15-8-4-9(18)6-10(5-8)19-7-13(21)20-14-11(16)2-1-3-12(14)17/h1-6,19H,7H2,(H,20,21). The number of halogens is 4. The molecular formula is C14H10Cl3FN2O. The number of carbonyl (C=O) groups is 1. The third kappa shape index (κ3) is 4.49. The summed E-state index contributed by atoms with van der Waals surface area (Å²) < 4.78 is 13.1. The third-order valence-electron chi connectivity index (χ3n) is 2.54. The predicted octanol–water partition coefficient (Wildman–Crippen LogP) is 4.84. The third-order valence-corrected chi connectivity index (χ3v) is 3.39. The van der Waals surface area contributed by atoms with Gasteiger partial charge >= 0.3 is 0 Å². The zero-order chi connectivity index (χ0) is 15.4. The number of hydrogen-bond donors (Lipinski definition) is 2. The highest BCUT2D eigenvalue weighted by Gasteiger charge is 2.09. The van der Waals surface area contributed by atoms with Crippen LogP contribution in [0.3, 0.4) is 0 Å². The monoisotopic (exact) mass is 346 g/mol. The number of amides is 1. The molecule has 0 bridgehead atoms. The number of nitrogens with one attached hydrogen (secondary N) is 2. The smallest absolute Gasteiger partial charge is 0.243 e. The van der Waals surface area contributed by atoms with Crippen LogP contribution in [0.15, 0.2) is 36.4 Å². The summed E-state index contributed by atoms with van der Waals surface area (Å²) in [6, 6.07) is 8.83. The van der Waals surface area contributed by atoms with Crippen LogP contribution in [-0.2, 0) is 4.79 Å². The highest BCUT2D eigenvalue weighted by molar-refractivity contribution is 6.39. The number of hydrogen-bond acceptors (Lipinski definition) is 2. The number of rotatable bonds is 4. The van der Waals surface area contributed by atoms with Gasteiger partial charge in [0.05, 0.1) is 22.3 Å². The van der Waals surface area contributed by atoms with E-state index in [0.717, 1.165) is 0 Å². The minimum Gasteiger partial charge on any atom is -0.376 e. The summed E-state index contributed by atoms with van der Waals surface area (Å²) in [5.74, 6) is -0.857. The molecule has 2 aromatic rings. The molecule has 110 valence electrons. The van der Waals surface area contributed by atoms with Crippen molar-refractivity contribution in [2.45, 2.75) is 0 Å². The Balaban J connectivity index is 1.99. The van der Waals surface area contributed by atoms with Crippen molar-refractivity contribution >= 4 is 52.1 Å². The molecule has 0 aliphatic carbocycles. The lowest BCUT2D eigenvalue weighted by Crippen LogP contribution is -2.22.